The lowest BCUT2D eigenvalue weighted by molar-refractivity contribution is 0.0985. The molecule has 0 radical (unpaired) electrons. The highest BCUT2D eigenvalue weighted by atomic mass is 32.2. The summed E-state index contributed by atoms with van der Waals surface area (Å²) in [7, 11) is -3.58. The Morgan fingerprint density at radius 2 is 2.07 bits per heavy atom. The molecule has 1 amide bonds. The predicted molar refractivity (Wildman–Crippen MR) is 50.5 cm³/mol. The van der Waals surface area contributed by atoms with Gasteiger partial charge in [-0.15, -0.1) is 0 Å². The molecule has 1 aliphatic rings. The Labute approximate surface area is 82.0 Å². The Hall–Kier alpha value is -1.36. The van der Waals surface area contributed by atoms with Gasteiger partial charge in [0.1, 0.15) is 4.90 Å². The van der Waals surface area contributed by atoms with E-state index in [0.717, 1.165) is 12.0 Å². The lowest BCUT2D eigenvalue weighted by Crippen LogP contribution is -2.20. The number of amides is 1. The summed E-state index contributed by atoms with van der Waals surface area (Å²) in [5.74, 6) is -0.532. The molecule has 0 aliphatic carbocycles. The van der Waals surface area contributed by atoms with Gasteiger partial charge in [0.25, 0.3) is 15.9 Å². The molecule has 0 saturated heterocycles. The van der Waals surface area contributed by atoms with Crippen molar-refractivity contribution in [2.45, 2.75) is 18.2 Å². The summed E-state index contributed by atoms with van der Waals surface area (Å²) in [6.45, 7) is 1.95. The number of carbonyl (C=O) groups excluding carboxylic acids is 1. The molecule has 1 N–H and O–H groups in total. The van der Waals surface area contributed by atoms with Crippen LogP contribution in [0, 0.1) is 0 Å². The molecule has 0 atom stereocenters. The van der Waals surface area contributed by atoms with Gasteiger partial charge in [-0.3, -0.25) is 4.79 Å². The average Bonchev–Trinajstić information content (AvgIpc) is 2.37. The fraction of sp³-hybridized carbons (Fsp3) is 0.222. The molecule has 5 heteroatoms. The molecule has 4 nitrogen and oxygen atoms in total. The van der Waals surface area contributed by atoms with Crippen LogP contribution >= 0.6 is 0 Å². The van der Waals surface area contributed by atoms with E-state index in [1.807, 2.05) is 11.6 Å². The molecular weight excluding hydrogens is 202 g/mol. The van der Waals surface area contributed by atoms with E-state index in [2.05, 4.69) is 0 Å². The van der Waals surface area contributed by atoms with E-state index in [1.54, 1.807) is 12.1 Å². The van der Waals surface area contributed by atoms with E-state index in [9.17, 15) is 13.2 Å². The molecule has 1 aromatic carbocycles. The van der Waals surface area contributed by atoms with Gasteiger partial charge in [-0.2, -0.15) is 0 Å². The van der Waals surface area contributed by atoms with Crippen LogP contribution in [0.2, 0.25) is 0 Å². The fourth-order valence-corrected chi connectivity index (χ4v) is 2.59. The SMILES string of the molecule is CCc1ccc2c(c1)C(=O)NS2(=O)=O. The second-order valence-corrected chi connectivity index (χ2v) is 4.77. The van der Waals surface area contributed by atoms with Gasteiger partial charge in [-0.1, -0.05) is 13.0 Å². The Balaban J connectivity index is 2.70. The van der Waals surface area contributed by atoms with Gasteiger partial charge in [-0.05, 0) is 24.1 Å². The van der Waals surface area contributed by atoms with Crippen molar-refractivity contribution in [3.05, 3.63) is 29.3 Å². The summed E-state index contributed by atoms with van der Waals surface area (Å²) in [6.07, 6.45) is 0.778. The molecule has 0 unspecified atom stereocenters. The standard InChI is InChI=1S/C9H9NO3S/c1-2-6-3-4-8-7(5-6)9(11)10-14(8,12)13/h3-5H,2H2,1H3,(H,10,11). The number of nitrogens with one attached hydrogen (secondary N) is 1. The third kappa shape index (κ3) is 1.21. The van der Waals surface area contributed by atoms with Gasteiger partial charge in [0, 0.05) is 0 Å². The topological polar surface area (TPSA) is 63.2 Å². The van der Waals surface area contributed by atoms with Crippen LogP contribution in [0.1, 0.15) is 22.8 Å². The van der Waals surface area contributed by atoms with Gasteiger partial charge in [0.05, 0.1) is 5.56 Å². The molecule has 14 heavy (non-hydrogen) atoms. The van der Waals surface area contributed by atoms with Crippen molar-refractivity contribution in [2.24, 2.45) is 0 Å². The maximum absolute atomic E-state index is 11.3. The first kappa shape index (κ1) is 9.21. The van der Waals surface area contributed by atoms with Crippen LogP contribution in [0.4, 0.5) is 0 Å². The minimum Gasteiger partial charge on any atom is -0.268 e. The zero-order valence-corrected chi connectivity index (χ0v) is 8.39. The molecule has 0 aromatic heterocycles. The highest BCUT2D eigenvalue weighted by Gasteiger charge is 2.32. The lowest BCUT2D eigenvalue weighted by atomic mass is 10.1. The molecule has 0 spiro atoms. The van der Waals surface area contributed by atoms with E-state index in [-0.39, 0.29) is 10.5 Å². The van der Waals surface area contributed by atoms with Gasteiger partial charge >= 0.3 is 0 Å². The molecule has 74 valence electrons. The van der Waals surface area contributed by atoms with E-state index in [1.165, 1.54) is 6.07 Å². The van der Waals surface area contributed by atoms with Crippen LogP contribution < -0.4 is 4.72 Å². The molecule has 1 aliphatic heterocycles. The first-order valence-corrected chi connectivity index (χ1v) is 5.73. The van der Waals surface area contributed by atoms with Gasteiger partial charge in [0.2, 0.25) is 0 Å². The Bertz CT molecular complexity index is 505. The predicted octanol–water partition coefficient (Wildman–Crippen LogP) is 0.681. The van der Waals surface area contributed by atoms with Gasteiger partial charge in [-0.25, -0.2) is 13.1 Å². The van der Waals surface area contributed by atoms with E-state index in [0.29, 0.717) is 0 Å². The number of aryl methyl sites for hydroxylation is 1. The molecule has 2 rings (SSSR count). The van der Waals surface area contributed by atoms with E-state index >= 15 is 0 Å². The van der Waals surface area contributed by atoms with Crippen LogP contribution in [-0.4, -0.2) is 14.3 Å². The summed E-state index contributed by atoms with van der Waals surface area (Å²) >= 11 is 0. The fourth-order valence-electron chi connectivity index (χ4n) is 1.44. The third-order valence-electron chi connectivity index (χ3n) is 2.21. The van der Waals surface area contributed by atoms with Crippen molar-refractivity contribution in [2.75, 3.05) is 0 Å². The maximum Gasteiger partial charge on any atom is 0.266 e. The second-order valence-electron chi connectivity index (χ2n) is 3.12. The quantitative estimate of drug-likeness (QED) is 0.743. The van der Waals surface area contributed by atoms with E-state index in [4.69, 9.17) is 0 Å². The summed E-state index contributed by atoms with van der Waals surface area (Å²) < 4.78 is 24.6. The second kappa shape index (κ2) is 2.81. The van der Waals surface area contributed by atoms with Crippen molar-refractivity contribution < 1.29 is 13.2 Å². The van der Waals surface area contributed by atoms with Crippen LogP contribution in [0.3, 0.4) is 0 Å². The zero-order valence-electron chi connectivity index (χ0n) is 7.57. The van der Waals surface area contributed by atoms with Gasteiger partial charge in [0.15, 0.2) is 0 Å². The van der Waals surface area contributed by atoms with Crippen LogP contribution in [0.25, 0.3) is 0 Å². The largest absolute Gasteiger partial charge is 0.268 e. The maximum atomic E-state index is 11.3. The van der Waals surface area contributed by atoms with Crippen molar-refractivity contribution in [3.63, 3.8) is 0 Å². The van der Waals surface area contributed by atoms with Crippen molar-refractivity contribution in [1.29, 1.82) is 0 Å². The van der Waals surface area contributed by atoms with Gasteiger partial charge < -0.3 is 0 Å². The van der Waals surface area contributed by atoms with Crippen molar-refractivity contribution >= 4 is 15.9 Å². The number of sulfonamides is 1. The smallest absolute Gasteiger partial charge is 0.266 e. The Morgan fingerprint density at radius 1 is 1.36 bits per heavy atom. The number of fused-ring (bicyclic) bond motifs is 1. The monoisotopic (exact) mass is 211 g/mol. The number of benzene rings is 1. The first-order chi connectivity index (χ1) is 6.54. The molecule has 1 heterocycles. The number of rotatable bonds is 1. The highest BCUT2D eigenvalue weighted by Crippen LogP contribution is 2.23. The molecule has 0 fully saturated rings. The Morgan fingerprint density at radius 3 is 2.71 bits per heavy atom. The highest BCUT2D eigenvalue weighted by molar-refractivity contribution is 7.90. The molecular formula is C9H9NO3S. The lowest BCUT2D eigenvalue weighted by Gasteiger charge is -1.98. The normalized spacial score (nSPS) is 17.6. The minimum atomic E-state index is -3.58. The van der Waals surface area contributed by atoms with Crippen molar-refractivity contribution in [1.82, 2.24) is 4.72 Å². The van der Waals surface area contributed by atoms with E-state index < -0.39 is 15.9 Å². The first-order valence-electron chi connectivity index (χ1n) is 4.24. The molecule has 0 bridgehead atoms. The summed E-state index contributed by atoms with van der Waals surface area (Å²) in [4.78, 5) is 11.3. The number of hydrogen-bond donors (Lipinski definition) is 1. The summed E-state index contributed by atoms with van der Waals surface area (Å²) in [5, 5.41) is 0. The summed E-state index contributed by atoms with van der Waals surface area (Å²) in [5.41, 5.74) is 1.21. The average molecular weight is 211 g/mol. The van der Waals surface area contributed by atoms with Crippen LogP contribution in [-0.2, 0) is 16.4 Å². The molecule has 0 saturated carbocycles. The number of hydrogen-bond acceptors (Lipinski definition) is 3. The van der Waals surface area contributed by atoms with Crippen LogP contribution in [0.5, 0.6) is 0 Å². The third-order valence-corrected chi connectivity index (χ3v) is 3.60. The Kier molecular flexibility index (Phi) is 1.85. The zero-order chi connectivity index (χ0) is 10.3. The van der Waals surface area contributed by atoms with Crippen molar-refractivity contribution in [3.8, 4) is 0 Å². The molecule has 1 aromatic rings. The summed E-state index contributed by atoms with van der Waals surface area (Å²) in [6, 6.07) is 4.81. The minimum absolute atomic E-state index is 0.0831. The number of carbonyl (C=O) groups is 1. The van der Waals surface area contributed by atoms with Crippen LogP contribution in [0.15, 0.2) is 23.1 Å².